The first-order chi connectivity index (χ1) is 10.2. The molecule has 112 valence electrons. The Hall–Kier alpha value is -2.18. The molecule has 0 fully saturated rings. The first-order valence-electron chi connectivity index (χ1n) is 6.72. The van der Waals surface area contributed by atoms with Crippen molar-refractivity contribution < 1.29 is 14.6 Å². The number of methoxy groups -OCH3 is 1. The highest BCUT2D eigenvalue weighted by Crippen LogP contribution is 2.08. The van der Waals surface area contributed by atoms with E-state index in [2.05, 4.69) is 10.3 Å². The molecule has 0 spiro atoms. The van der Waals surface area contributed by atoms with E-state index in [0.29, 0.717) is 25.3 Å². The first-order valence-corrected chi connectivity index (χ1v) is 6.72. The Labute approximate surface area is 123 Å². The third-order valence-electron chi connectivity index (χ3n) is 3.12. The van der Waals surface area contributed by atoms with Crippen LogP contribution in [-0.4, -0.2) is 40.9 Å². The molecule has 0 bridgehead atoms. The lowest BCUT2D eigenvalue weighted by Crippen LogP contribution is -2.21. The Morgan fingerprint density at radius 1 is 1.38 bits per heavy atom. The number of rotatable bonds is 8. The van der Waals surface area contributed by atoms with Crippen LogP contribution in [0.25, 0.3) is 0 Å². The van der Waals surface area contributed by atoms with Gasteiger partial charge in [-0.05, 0) is 17.7 Å². The summed E-state index contributed by atoms with van der Waals surface area (Å²) in [5, 5.41) is 12.1. The first kappa shape index (κ1) is 15.2. The number of carboxylic acid groups (broad SMARTS) is 1. The van der Waals surface area contributed by atoms with Crippen LogP contribution >= 0.6 is 0 Å². The molecule has 21 heavy (non-hydrogen) atoms. The van der Waals surface area contributed by atoms with E-state index >= 15 is 0 Å². The van der Waals surface area contributed by atoms with Crippen molar-refractivity contribution in [2.75, 3.05) is 20.3 Å². The molecule has 2 aromatic rings. The number of aromatic nitrogens is 2. The van der Waals surface area contributed by atoms with Gasteiger partial charge >= 0.3 is 5.97 Å². The van der Waals surface area contributed by atoms with Crippen LogP contribution in [0.3, 0.4) is 0 Å². The molecule has 0 saturated carbocycles. The van der Waals surface area contributed by atoms with Crippen LogP contribution in [0.2, 0.25) is 0 Å². The molecular formula is C15H19N3O3. The predicted octanol–water partition coefficient (Wildman–Crippen LogP) is 1.37. The average Bonchev–Trinajstić information content (AvgIpc) is 2.91. The number of carbonyl (C=O) groups is 1. The van der Waals surface area contributed by atoms with E-state index in [-0.39, 0.29) is 0 Å². The van der Waals surface area contributed by atoms with Crippen LogP contribution in [0.1, 0.15) is 21.7 Å². The number of nitrogens with one attached hydrogen (secondary N) is 1. The van der Waals surface area contributed by atoms with Crippen LogP contribution in [0.15, 0.2) is 36.7 Å². The summed E-state index contributed by atoms with van der Waals surface area (Å²) in [5.41, 5.74) is 1.34. The number of hydrogen-bond donors (Lipinski definition) is 2. The van der Waals surface area contributed by atoms with Gasteiger partial charge in [0.05, 0.1) is 18.7 Å². The number of hydrogen-bond acceptors (Lipinski definition) is 4. The van der Waals surface area contributed by atoms with Crippen molar-refractivity contribution in [2.24, 2.45) is 0 Å². The number of benzene rings is 1. The largest absolute Gasteiger partial charge is 0.478 e. The highest BCUT2D eigenvalue weighted by atomic mass is 16.5. The highest BCUT2D eigenvalue weighted by Gasteiger charge is 2.05. The van der Waals surface area contributed by atoms with E-state index in [9.17, 15) is 4.79 Å². The zero-order valence-corrected chi connectivity index (χ0v) is 12.0. The third kappa shape index (κ3) is 4.40. The third-order valence-corrected chi connectivity index (χ3v) is 3.12. The smallest absolute Gasteiger partial charge is 0.335 e. The standard InChI is InChI=1S/C15H19N3O3/c1-21-9-7-16-10-14-17-6-8-18(14)11-12-2-4-13(5-3-12)15(19)20/h2-6,8,16H,7,9-11H2,1H3,(H,19,20). The van der Waals surface area contributed by atoms with Crippen molar-refractivity contribution in [3.05, 3.63) is 53.6 Å². The molecule has 0 unspecified atom stereocenters. The molecular weight excluding hydrogens is 270 g/mol. The van der Waals surface area contributed by atoms with Crippen molar-refractivity contribution in [3.8, 4) is 0 Å². The average molecular weight is 289 g/mol. The van der Waals surface area contributed by atoms with Gasteiger partial charge in [-0.3, -0.25) is 0 Å². The van der Waals surface area contributed by atoms with Gasteiger partial charge < -0.3 is 19.7 Å². The Bertz CT molecular complexity index is 578. The quantitative estimate of drug-likeness (QED) is 0.718. The molecule has 6 heteroatoms. The van der Waals surface area contributed by atoms with E-state index in [0.717, 1.165) is 17.9 Å². The number of aromatic carboxylic acids is 1. The summed E-state index contributed by atoms with van der Waals surface area (Å²) in [5.74, 6) is 0.0284. The van der Waals surface area contributed by atoms with Gasteiger partial charge in [-0.1, -0.05) is 12.1 Å². The summed E-state index contributed by atoms with van der Waals surface area (Å²) in [6.07, 6.45) is 3.68. The second-order valence-corrected chi connectivity index (χ2v) is 4.64. The molecule has 0 aliphatic rings. The summed E-state index contributed by atoms with van der Waals surface area (Å²) in [6, 6.07) is 6.88. The minimum absolute atomic E-state index is 0.297. The summed E-state index contributed by atoms with van der Waals surface area (Å²) < 4.78 is 7.02. The fourth-order valence-electron chi connectivity index (χ4n) is 1.98. The van der Waals surface area contributed by atoms with Crippen molar-refractivity contribution in [3.63, 3.8) is 0 Å². The minimum atomic E-state index is -0.910. The fourth-order valence-corrected chi connectivity index (χ4v) is 1.98. The zero-order chi connectivity index (χ0) is 15.1. The Balaban J connectivity index is 1.96. The summed E-state index contributed by atoms with van der Waals surface area (Å²) in [4.78, 5) is 15.1. The van der Waals surface area contributed by atoms with Crippen LogP contribution in [0.5, 0.6) is 0 Å². The Morgan fingerprint density at radius 3 is 2.81 bits per heavy atom. The van der Waals surface area contributed by atoms with Gasteiger partial charge in [0.15, 0.2) is 0 Å². The number of ether oxygens (including phenoxy) is 1. The molecule has 6 nitrogen and oxygen atoms in total. The molecule has 0 radical (unpaired) electrons. The topological polar surface area (TPSA) is 76.4 Å². The molecule has 1 aromatic heterocycles. The lowest BCUT2D eigenvalue weighted by Gasteiger charge is -2.09. The van der Waals surface area contributed by atoms with Gasteiger partial charge in [0, 0.05) is 32.6 Å². The highest BCUT2D eigenvalue weighted by molar-refractivity contribution is 5.87. The summed E-state index contributed by atoms with van der Waals surface area (Å²) in [7, 11) is 1.67. The van der Waals surface area contributed by atoms with Gasteiger partial charge in [-0.15, -0.1) is 0 Å². The fraction of sp³-hybridized carbons (Fsp3) is 0.333. The predicted molar refractivity (Wildman–Crippen MR) is 78.3 cm³/mol. The van der Waals surface area contributed by atoms with E-state index in [1.165, 1.54) is 0 Å². The zero-order valence-electron chi connectivity index (χ0n) is 12.0. The van der Waals surface area contributed by atoms with Gasteiger partial charge in [-0.2, -0.15) is 0 Å². The van der Waals surface area contributed by atoms with Crippen LogP contribution < -0.4 is 5.32 Å². The molecule has 2 rings (SSSR count). The molecule has 0 saturated heterocycles. The Kier molecular flexibility index (Phi) is 5.48. The molecule has 0 aliphatic heterocycles. The molecule has 1 aromatic carbocycles. The number of imidazole rings is 1. The van der Waals surface area contributed by atoms with E-state index in [4.69, 9.17) is 9.84 Å². The van der Waals surface area contributed by atoms with Crippen LogP contribution in [-0.2, 0) is 17.8 Å². The molecule has 2 N–H and O–H groups in total. The lowest BCUT2D eigenvalue weighted by molar-refractivity contribution is 0.0697. The molecule has 0 amide bonds. The van der Waals surface area contributed by atoms with Gasteiger partial charge in [0.2, 0.25) is 0 Å². The summed E-state index contributed by atoms with van der Waals surface area (Å²) >= 11 is 0. The Morgan fingerprint density at radius 2 is 2.14 bits per heavy atom. The minimum Gasteiger partial charge on any atom is -0.478 e. The number of nitrogens with zero attached hydrogens (tertiary/aromatic N) is 2. The van der Waals surface area contributed by atoms with Gasteiger partial charge in [0.1, 0.15) is 5.82 Å². The van der Waals surface area contributed by atoms with Crippen LogP contribution in [0, 0.1) is 0 Å². The maximum atomic E-state index is 10.8. The van der Waals surface area contributed by atoms with E-state index in [1.807, 2.05) is 22.9 Å². The lowest BCUT2D eigenvalue weighted by atomic mass is 10.1. The molecule has 1 heterocycles. The maximum absolute atomic E-state index is 10.8. The van der Waals surface area contributed by atoms with Crippen molar-refractivity contribution in [2.45, 2.75) is 13.1 Å². The van der Waals surface area contributed by atoms with Gasteiger partial charge in [0.25, 0.3) is 0 Å². The van der Waals surface area contributed by atoms with Crippen LogP contribution in [0.4, 0.5) is 0 Å². The second-order valence-electron chi connectivity index (χ2n) is 4.64. The second kappa shape index (κ2) is 7.56. The maximum Gasteiger partial charge on any atom is 0.335 e. The SMILES string of the molecule is COCCNCc1nccn1Cc1ccc(C(=O)O)cc1. The van der Waals surface area contributed by atoms with E-state index < -0.39 is 5.97 Å². The van der Waals surface area contributed by atoms with Gasteiger partial charge in [-0.25, -0.2) is 9.78 Å². The van der Waals surface area contributed by atoms with Crippen molar-refractivity contribution in [1.82, 2.24) is 14.9 Å². The normalized spacial score (nSPS) is 10.7. The monoisotopic (exact) mass is 289 g/mol. The molecule has 0 atom stereocenters. The van der Waals surface area contributed by atoms with Crippen molar-refractivity contribution in [1.29, 1.82) is 0 Å². The number of carboxylic acids is 1. The summed E-state index contributed by atoms with van der Waals surface area (Å²) in [6.45, 7) is 2.78. The van der Waals surface area contributed by atoms with Crippen molar-refractivity contribution >= 4 is 5.97 Å². The van der Waals surface area contributed by atoms with E-state index in [1.54, 1.807) is 25.4 Å². The molecule has 0 aliphatic carbocycles.